The molecule has 58 valence electrons. The van der Waals surface area contributed by atoms with Crippen molar-refractivity contribution < 1.29 is 13.2 Å². The molecule has 0 spiro atoms. The van der Waals surface area contributed by atoms with Crippen LogP contribution >= 0.6 is 0 Å². The van der Waals surface area contributed by atoms with Crippen molar-refractivity contribution in [1.82, 2.24) is 0 Å². The van der Waals surface area contributed by atoms with Crippen molar-refractivity contribution in [2.75, 3.05) is 18.1 Å². The molecule has 2 heterocycles. The van der Waals surface area contributed by atoms with E-state index in [0.717, 1.165) is 13.0 Å². The number of ether oxygens (including phenoxy) is 1. The van der Waals surface area contributed by atoms with Crippen LogP contribution in [0.5, 0.6) is 0 Å². The van der Waals surface area contributed by atoms with Crippen LogP contribution in [0.2, 0.25) is 0 Å². The van der Waals surface area contributed by atoms with E-state index >= 15 is 0 Å². The molecule has 2 fully saturated rings. The lowest BCUT2D eigenvalue weighted by molar-refractivity contribution is 0.346. The molecule has 0 aromatic heterocycles. The van der Waals surface area contributed by atoms with Gasteiger partial charge in [0.05, 0.1) is 24.2 Å². The maximum absolute atomic E-state index is 10.9. The van der Waals surface area contributed by atoms with E-state index in [1.807, 2.05) is 0 Å². The van der Waals surface area contributed by atoms with Crippen molar-refractivity contribution in [1.29, 1.82) is 0 Å². The Balaban J connectivity index is 2.05. The minimum Gasteiger partial charge on any atom is -0.373 e. The van der Waals surface area contributed by atoms with Gasteiger partial charge in [0.2, 0.25) is 0 Å². The fourth-order valence-electron chi connectivity index (χ4n) is 1.44. The van der Waals surface area contributed by atoms with Gasteiger partial charge in [-0.15, -0.1) is 0 Å². The molecule has 0 bridgehead atoms. The van der Waals surface area contributed by atoms with Gasteiger partial charge in [-0.2, -0.15) is 0 Å². The Hall–Kier alpha value is -0.0900. The SMILES string of the molecule is O=S1(=O)CCC([C@@H]2CO2)C1. The second-order valence-electron chi connectivity index (χ2n) is 3.03. The molecule has 4 heteroatoms. The second-order valence-corrected chi connectivity index (χ2v) is 5.26. The van der Waals surface area contributed by atoms with E-state index < -0.39 is 9.84 Å². The van der Waals surface area contributed by atoms with Crippen molar-refractivity contribution in [3.63, 3.8) is 0 Å². The van der Waals surface area contributed by atoms with Gasteiger partial charge in [0.25, 0.3) is 0 Å². The zero-order chi connectivity index (χ0) is 7.19. The van der Waals surface area contributed by atoms with Crippen LogP contribution in [0.1, 0.15) is 6.42 Å². The average Bonchev–Trinajstić information content (AvgIpc) is 2.59. The van der Waals surface area contributed by atoms with Crippen molar-refractivity contribution in [3.8, 4) is 0 Å². The summed E-state index contributed by atoms with van der Waals surface area (Å²) < 4.78 is 26.9. The van der Waals surface area contributed by atoms with E-state index in [2.05, 4.69) is 0 Å². The molecule has 0 aliphatic carbocycles. The van der Waals surface area contributed by atoms with E-state index in [1.54, 1.807) is 0 Å². The molecule has 2 saturated heterocycles. The standard InChI is InChI=1S/C6H10O3S/c7-10(8)2-1-5(4-10)6-3-9-6/h5-6H,1-4H2/t5?,6-/m0/s1. The molecule has 0 amide bonds. The number of sulfone groups is 1. The van der Waals surface area contributed by atoms with Crippen molar-refractivity contribution in [3.05, 3.63) is 0 Å². The number of epoxide rings is 1. The monoisotopic (exact) mass is 162 g/mol. The summed E-state index contributed by atoms with van der Waals surface area (Å²) in [5.41, 5.74) is 0. The molecular formula is C6H10O3S. The van der Waals surface area contributed by atoms with Crippen LogP contribution in [0.15, 0.2) is 0 Å². The summed E-state index contributed by atoms with van der Waals surface area (Å²) in [5.74, 6) is 1.04. The Morgan fingerprint density at radius 3 is 2.50 bits per heavy atom. The van der Waals surface area contributed by atoms with Crippen LogP contribution in [0.25, 0.3) is 0 Å². The third kappa shape index (κ3) is 1.18. The first-order valence-corrected chi connectivity index (χ1v) is 5.31. The highest BCUT2D eigenvalue weighted by atomic mass is 32.2. The molecule has 0 N–H and O–H groups in total. The molecule has 2 aliphatic heterocycles. The van der Waals surface area contributed by atoms with Gasteiger partial charge in [-0.05, 0) is 6.42 Å². The van der Waals surface area contributed by atoms with Crippen LogP contribution in [-0.4, -0.2) is 32.6 Å². The van der Waals surface area contributed by atoms with Crippen molar-refractivity contribution >= 4 is 9.84 Å². The first-order chi connectivity index (χ1) is 4.67. The third-order valence-electron chi connectivity index (χ3n) is 2.15. The lowest BCUT2D eigenvalue weighted by Crippen LogP contribution is -2.09. The highest BCUT2D eigenvalue weighted by Crippen LogP contribution is 2.29. The lowest BCUT2D eigenvalue weighted by Gasteiger charge is -1.98. The van der Waals surface area contributed by atoms with Crippen LogP contribution < -0.4 is 0 Å². The van der Waals surface area contributed by atoms with E-state index in [1.165, 1.54) is 0 Å². The van der Waals surface area contributed by atoms with Crippen molar-refractivity contribution in [2.45, 2.75) is 12.5 Å². The van der Waals surface area contributed by atoms with Crippen LogP contribution in [0.3, 0.4) is 0 Å². The van der Waals surface area contributed by atoms with Crippen molar-refractivity contribution in [2.24, 2.45) is 5.92 Å². The maximum atomic E-state index is 10.9. The summed E-state index contributed by atoms with van der Waals surface area (Å²) in [6.45, 7) is 0.778. The lowest BCUT2D eigenvalue weighted by atomic mass is 10.1. The zero-order valence-electron chi connectivity index (χ0n) is 5.62. The molecule has 0 aromatic carbocycles. The molecule has 3 nitrogen and oxygen atoms in total. The van der Waals surface area contributed by atoms with Gasteiger partial charge in [0.15, 0.2) is 9.84 Å². The van der Waals surface area contributed by atoms with Gasteiger partial charge < -0.3 is 4.74 Å². The van der Waals surface area contributed by atoms with E-state index in [4.69, 9.17) is 4.74 Å². The zero-order valence-corrected chi connectivity index (χ0v) is 6.43. The average molecular weight is 162 g/mol. The highest BCUT2D eigenvalue weighted by Gasteiger charge is 2.40. The molecular weight excluding hydrogens is 152 g/mol. The van der Waals surface area contributed by atoms with Gasteiger partial charge in [-0.25, -0.2) is 8.42 Å². The van der Waals surface area contributed by atoms with Crippen LogP contribution in [-0.2, 0) is 14.6 Å². The molecule has 2 rings (SSSR count). The summed E-state index contributed by atoms with van der Waals surface area (Å²) in [6, 6.07) is 0. The molecule has 2 aliphatic rings. The molecule has 0 radical (unpaired) electrons. The number of hydrogen-bond donors (Lipinski definition) is 0. The fraction of sp³-hybridized carbons (Fsp3) is 1.00. The van der Waals surface area contributed by atoms with Gasteiger partial charge >= 0.3 is 0 Å². The van der Waals surface area contributed by atoms with E-state index in [-0.39, 0.29) is 6.10 Å². The summed E-state index contributed by atoms with van der Waals surface area (Å²) >= 11 is 0. The van der Waals surface area contributed by atoms with Gasteiger partial charge in [0, 0.05) is 5.92 Å². The Kier molecular flexibility index (Phi) is 1.29. The second kappa shape index (κ2) is 1.95. The van der Waals surface area contributed by atoms with Crippen LogP contribution in [0.4, 0.5) is 0 Å². The summed E-state index contributed by atoms with van der Waals surface area (Å²) in [6.07, 6.45) is 1.09. The summed E-state index contributed by atoms with van der Waals surface area (Å²) in [4.78, 5) is 0. The van der Waals surface area contributed by atoms with E-state index in [0.29, 0.717) is 17.4 Å². The third-order valence-corrected chi connectivity index (χ3v) is 3.95. The largest absolute Gasteiger partial charge is 0.373 e. The smallest absolute Gasteiger partial charge is 0.150 e. The van der Waals surface area contributed by atoms with Gasteiger partial charge in [-0.1, -0.05) is 0 Å². The van der Waals surface area contributed by atoms with Crippen LogP contribution in [0, 0.1) is 5.92 Å². The minimum atomic E-state index is -2.68. The first-order valence-electron chi connectivity index (χ1n) is 3.49. The predicted molar refractivity (Wildman–Crippen MR) is 36.5 cm³/mol. The Labute approximate surface area is 60.3 Å². The molecule has 0 saturated carbocycles. The Bertz CT molecular complexity index is 227. The van der Waals surface area contributed by atoms with Gasteiger partial charge in [-0.3, -0.25) is 0 Å². The van der Waals surface area contributed by atoms with Gasteiger partial charge in [0.1, 0.15) is 0 Å². The normalized spacial score (nSPS) is 43.6. The Morgan fingerprint density at radius 1 is 1.40 bits per heavy atom. The molecule has 2 atom stereocenters. The summed E-state index contributed by atoms with van der Waals surface area (Å²) in [5, 5.41) is 0. The number of rotatable bonds is 1. The topological polar surface area (TPSA) is 46.7 Å². The highest BCUT2D eigenvalue weighted by molar-refractivity contribution is 7.91. The number of hydrogen-bond acceptors (Lipinski definition) is 3. The fourth-order valence-corrected chi connectivity index (χ4v) is 3.31. The Morgan fingerprint density at radius 2 is 2.10 bits per heavy atom. The molecule has 1 unspecified atom stereocenters. The molecule has 10 heavy (non-hydrogen) atoms. The summed E-state index contributed by atoms with van der Waals surface area (Å²) in [7, 11) is -2.68. The minimum absolute atomic E-state index is 0.275. The maximum Gasteiger partial charge on any atom is 0.150 e. The predicted octanol–water partition coefficient (Wildman–Crippen LogP) is -0.180. The first kappa shape index (κ1) is 6.61. The van der Waals surface area contributed by atoms with E-state index in [9.17, 15) is 8.42 Å². The molecule has 0 aromatic rings. The quantitative estimate of drug-likeness (QED) is 0.502.